The van der Waals surface area contributed by atoms with Gasteiger partial charge in [-0.15, -0.1) is 0 Å². The van der Waals surface area contributed by atoms with E-state index in [1.165, 1.54) is 43.9 Å². The van der Waals surface area contributed by atoms with Crippen molar-refractivity contribution in [3.05, 3.63) is 65.0 Å². The summed E-state index contributed by atoms with van der Waals surface area (Å²) < 4.78 is 1.61. The molecule has 6 heteroatoms. The Kier molecular flexibility index (Phi) is 6.84. The molecule has 0 atom stereocenters. The lowest BCUT2D eigenvalue weighted by atomic mass is 9.97. The van der Waals surface area contributed by atoms with E-state index in [1.807, 2.05) is 48.5 Å². The van der Waals surface area contributed by atoms with Gasteiger partial charge in [-0.05, 0) is 37.1 Å². The Morgan fingerprint density at radius 2 is 1.63 bits per heavy atom. The average Bonchev–Trinajstić information content (AvgIpc) is 2.75. The van der Waals surface area contributed by atoms with Crippen LogP contribution in [0.1, 0.15) is 44.9 Å². The molecule has 1 fully saturated rings. The summed E-state index contributed by atoms with van der Waals surface area (Å²) in [7, 11) is 0. The van der Waals surface area contributed by atoms with Gasteiger partial charge in [-0.2, -0.15) is 0 Å². The number of rotatable bonds is 5. The monoisotopic (exact) mass is 421 g/mol. The zero-order valence-electron chi connectivity index (χ0n) is 17.0. The van der Waals surface area contributed by atoms with Crippen LogP contribution in [0, 0.1) is 0 Å². The highest BCUT2D eigenvalue weighted by Crippen LogP contribution is 2.22. The van der Waals surface area contributed by atoms with Crippen LogP contribution < -0.4 is 10.9 Å². The van der Waals surface area contributed by atoms with Crippen LogP contribution in [0.5, 0.6) is 0 Å². The summed E-state index contributed by atoms with van der Waals surface area (Å²) >= 11 is 1.32. The highest BCUT2D eigenvalue weighted by atomic mass is 32.2. The van der Waals surface area contributed by atoms with Gasteiger partial charge in [0.25, 0.3) is 5.56 Å². The molecule has 1 amide bonds. The van der Waals surface area contributed by atoms with Crippen LogP contribution in [0.3, 0.4) is 0 Å². The number of amides is 1. The normalized spacial score (nSPS) is 15.5. The van der Waals surface area contributed by atoms with Crippen molar-refractivity contribution in [1.82, 2.24) is 14.9 Å². The zero-order valence-corrected chi connectivity index (χ0v) is 17.9. The molecular formula is C24H27N3O2S. The first-order chi connectivity index (χ1) is 14.7. The maximum atomic E-state index is 13.2. The van der Waals surface area contributed by atoms with Gasteiger partial charge in [-0.3, -0.25) is 14.2 Å². The van der Waals surface area contributed by atoms with Gasteiger partial charge in [0.1, 0.15) is 0 Å². The lowest BCUT2D eigenvalue weighted by molar-refractivity contribution is -0.119. The Bertz CT molecular complexity index is 1060. The van der Waals surface area contributed by atoms with E-state index in [0.717, 1.165) is 18.5 Å². The molecule has 1 aliphatic carbocycles. The molecule has 0 saturated heterocycles. The number of para-hydroxylation sites is 2. The fourth-order valence-corrected chi connectivity index (χ4v) is 4.84. The van der Waals surface area contributed by atoms with E-state index in [1.54, 1.807) is 10.6 Å². The van der Waals surface area contributed by atoms with Crippen molar-refractivity contribution >= 4 is 28.6 Å². The third kappa shape index (κ3) is 4.93. The fraction of sp³-hybridized carbons (Fsp3) is 0.375. The van der Waals surface area contributed by atoms with Gasteiger partial charge < -0.3 is 5.32 Å². The number of hydrogen-bond acceptors (Lipinski definition) is 4. The molecule has 1 N–H and O–H groups in total. The van der Waals surface area contributed by atoms with Gasteiger partial charge in [0.2, 0.25) is 5.91 Å². The Morgan fingerprint density at radius 3 is 2.40 bits per heavy atom. The lowest BCUT2D eigenvalue weighted by Gasteiger charge is -2.21. The number of hydrogen-bond donors (Lipinski definition) is 1. The summed E-state index contributed by atoms with van der Waals surface area (Å²) in [5.74, 6) is 0.251. The van der Waals surface area contributed by atoms with Gasteiger partial charge in [-0.1, -0.05) is 74.2 Å². The molecule has 2 aromatic carbocycles. The molecular weight excluding hydrogens is 394 g/mol. The van der Waals surface area contributed by atoms with E-state index in [2.05, 4.69) is 5.32 Å². The van der Waals surface area contributed by atoms with E-state index in [4.69, 9.17) is 4.98 Å². The van der Waals surface area contributed by atoms with Crippen LogP contribution in [-0.4, -0.2) is 27.3 Å². The largest absolute Gasteiger partial charge is 0.353 e. The quantitative estimate of drug-likeness (QED) is 0.479. The molecule has 5 nitrogen and oxygen atoms in total. The summed E-state index contributed by atoms with van der Waals surface area (Å²) in [6, 6.07) is 17.1. The number of benzene rings is 2. The first-order valence-corrected chi connectivity index (χ1v) is 11.7. The van der Waals surface area contributed by atoms with Crippen LogP contribution in [0.15, 0.2) is 64.5 Å². The number of aromatic nitrogens is 2. The van der Waals surface area contributed by atoms with Crippen molar-refractivity contribution in [3.8, 4) is 5.69 Å². The highest BCUT2D eigenvalue weighted by Gasteiger charge is 2.17. The van der Waals surface area contributed by atoms with Crippen molar-refractivity contribution in [2.75, 3.05) is 5.75 Å². The number of carbonyl (C=O) groups excluding carboxylic acids is 1. The second-order valence-corrected chi connectivity index (χ2v) is 8.73. The Balaban J connectivity index is 1.56. The van der Waals surface area contributed by atoms with Crippen LogP contribution >= 0.6 is 11.8 Å². The second kappa shape index (κ2) is 9.94. The number of nitrogens with zero attached hydrogens (tertiary/aromatic N) is 2. The highest BCUT2D eigenvalue weighted by molar-refractivity contribution is 7.99. The molecule has 1 aliphatic rings. The minimum Gasteiger partial charge on any atom is -0.353 e. The maximum Gasteiger partial charge on any atom is 0.266 e. The Labute approximate surface area is 180 Å². The van der Waals surface area contributed by atoms with Crippen molar-refractivity contribution in [1.29, 1.82) is 0 Å². The van der Waals surface area contributed by atoms with Crippen molar-refractivity contribution in [2.45, 2.75) is 56.1 Å². The molecule has 0 aliphatic heterocycles. The fourth-order valence-electron chi connectivity index (χ4n) is 4.01. The minimum absolute atomic E-state index is 0.00703. The van der Waals surface area contributed by atoms with E-state index in [-0.39, 0.29) is 23.3 Å². The molecule has 4 rings (SSSR count). The van der Waals surface area contributed by atoms with Crippen LogP contribution in [0.2, 0.25) is 0 Å². The predicted molar refractivity (Wildman–Crippen MR) is 122 cm³/mol. The molecule has 30 heavy (non-hydrogen) atoms. The number of fused-ring (bicyclic) bond motifs is 1. The van der Waals surface area contributed by atoms with E-state index >= 15 is 0 Å². The molecule has 156 valence electrons. The number of nitrogens with one attached hydrogen (secondary N) is 1. The summed E-state index contributed by atoms with van der Waals surface area (Å²) in [6.07, 6.45) is 8.28. The summed E-state index contributed by atoms with van der Waals surface area (Å²) in [5, 5.41) is 4.31. The topological polar surface area (TPSA) is 64.0 Å². The van der Waals surface area contributed by atoms with Gasteiger partial charge in [0.05, 0.1) is 22.3 Å². The standard InChI is InChI=1S/C24H27N3O2S/c28-22(25-18-11-5-2-1-3-6-12-18)17-30-24-26-21-16-10-9-15-20(21)23(29)27(24)19-13-7-4-8-14-19/h4,7-10,13-16,18H,1-3,5-6,11-12,17H2,(H,25,28). The van der Waals surface area contributed by atoms with Crippen molar-refractivity contribution in [2.24, 2.45) is 0 Å². The van der Waals surface area contributed by atoms with Crippen LogP contribution in [0.25, 0.3) is 16.6 Å². The molecule has 0 bridgehead atoms. The summed E-state index contributed by atoms with van der Waals surface area (Å²) in [5.41, 5.74) is 1.29. The van der Waals surface area contributed by atoms with Gasteiger partial charge in [-0.25, -0.2) is 4.98 Å². The number of thioether (sulfide) groups is 1. The third-order valence-electron chi connectivity index (χ3n) is 5.56. The molecule has 0 spiro atoms. The van der Waals surface area contributed by atoms with Crippen LogP contribution in [-0.2, 0) is 4.79 Å². The second-order valence-electron chi connectivity index (χ2n) is 7.79. The van der Waals surface area contributed by atoms with Gasteiger partial charge in [0, 0.05) is 6.04 Å². The first kappa shape index (κ1) is 20.7. The molecule has 1 heterocycles. The van der Waals surface area contributed by atoms with E-state index < -0.39 is 0 Å². The lowest BCUT2D eigenvalue weighted by Crippen LogP contribution is -2.36. The molecule has 1 aromatic heterocycles. The number of carbonyl (C=O) groups is 1. The summed E-state index contributed by atoms with van der Waals surface area (Å²) in [6.45, 7) is 0. The van der Waals surface area contributed by atoms with E-state index in [9.17, 15) is 9.59 Å². The summed E-state index contributed by atoms with van der Waals surface area (Å²) in [4.78, 5) is 30.5. The first-order valence-electron chi connectivity index (χ1n) is 10.7. The SMILES string of the molecule is O=C(CSc1nc2ccccc2c(=O)n1-c1ccccc1)NC1CCCCCCC1. The average molecular weight is 422 g/mol. The van der Waals surface area contributed by atoms with Crippen molar-refractivity contribution < 1.29 is 4.79 Å². The molecule has 3 aromatic rings. The molecule has 0 radical (unpaired) electrons. The maximum absolute atomic E-state index is 13.2. The minimum atomic E-state index is -0.116. The zero-order chi connectivity index (χ0) is 20.8. The van der Waals surface area contributed by atoms with Crippen LogP contribution in [0.4, 0.5) is 0 Å². The Hall–Kier alpha value is -2.60. The van der Waals surface area contributed by atoms with Crippen molar-refractivity contribution in [3.63, 3.8) is 0 Å². The predicted octanol–water partition coefficient (Wildman–Crippen LogP) is 4.71. The molecule has 1 saturated carbocycles. The smallest absolute Gasteiger partial charge is 0.266 e. The van der Waals surface area contributed by atoms with Gasteiger partial charge >= 0.3 is 0 Å². The van der Waals surface area contributed by atoms with Gasteiger partial charge in [0.15, 0.2) is 5.16 Å². The third-order valence-corrected chi connectivity index (χ3v) is 6.50. The van der Waals surface area contributed by atoms with E-state index in [0.29, 0.717) is 16.1 Å². The Morgan fingerprint density at radius 1 is 0.967 bits per heavy atom. The molecule has 0 unspecified atom stereocenters.